The minimum Gasteiger partial charge on any atom is -0.394 e. The van der Waals surface area contributed by atoms with E-state index in [9.17, 15) is 9.90 Å². The SMILES string of the molecule is O=C(N[C@H](CO)Cc1ccccc1)c1ccccc1/C=C/c1ccccc1. The number of rotatable bonds is 7. The predicted octanol–water partition coefficient (Wildman–Crippen LogP) is 4.19. The quantitative estimate of drug-likeness (QED) is 0.623. The van der Waals surface area contributed by atoms with E-state index in [2.05, 4.69) is 5.32 Å². The van der Waals surface area contributed by atoms with Gasteiger partial charge in [-0.1, -0.05) is 91.0 Å². The Morgan fingerprint density at radius 2 is 1.48 bits per heavy atom. The number of aliphatic hydroxyl groups excluding tert-OH is 1. The molecule has 1 atom stereocenters. The minimum absolute atomic E-state index is 0.108. The molecular weight excluding hydrogens is 334 g/mol. The monoisotopic (exact) mass is 357 g/mol. The summed E-state index contributed by atoms with van der Waals surface area (Å²) in [6.07, 6.45) is 4.51. The molecule has 0 aliphatic heterocycles. The van der Waals surface area contributed by atoms with Crippen molar-refractivity contribution < 1.29 is 9.90 Å². The lowest BCUT2D eigenvalue weighted by atomic mass is 10.0. The highest BCUT2D eigenvalue weighted by Crippen LogP contribution is 2.14. The molecule has 0 fully saturated rings. The average Bonchev–Trinajstić information content (AvgIpc) is 2.73. The number of carbonyl (C=O) groups is 1. The molecule has 0 aliphatic rings. The van der Waals surface area contributed by atoms with Crippen LogP contribution in [0.5, 0.6) is 0 Å². The van der Waals surface area contributed by atoms with Crippen molar-refractivity contribution in [1.29, 1.82) is 0 Å². The van der Waals surface area contributed by atoms with E-state index < -0.39 is 0 Å². The summed E-state index contributed by atoms with van der Waals surface area (Å²) < 4.78 is 0. The van der Waals surface area contributed by atoms with Crippen LogP contribution in [0, 0.1) is 0 Å². The zero-order valence-electron chi connectivity index (χ0n) is 15.1. The Labute approximate surface area is 160 Å². The number of benzene rings is 3. The van der Waals surface area contributed by atoms with Crippen molar-refractivity contribution in [3.05, 3.63) is 107 Å². The molecule has 0 spiro atoms. The third kappa shape index (κ3) is 5.40. The van der Waals surface area contributed by atoms with E-state index >= 15 is 0 Å². The van der Waals surface area contributed by atoms with Crippen LogP contribution in [-0.2, 0) is 6.42 Å². The summed E-state index contributed by atoms with van der Waals surface area (Å²) in [6.45, 7) is -0.108. The summed E-state index contributed by atoms with van der Waals surface area (Å²) >= 11 is 0. The molecule has 0 radical (unpaired) electrons. The van der Waals surface area contributed by atoms with E-state index in [1.807, 2.05) is 91.0 Å². The molecule has 1 amide bonds. The lowest BCUT2D eigenvalue weighted by molar-refractivity contribution is 0.0916. The highest BCUT2D eigenvalue weighted by Gasteiger charge is 2.15. The fourth-order valence-electron chi connectivity index (χ4n) is 2.92. The third-order valence-corrected chi connectivity index (χ3v) is 4.34. The van der Waals surface area contributed by atoms with Crippen molar-refractivity contribution in [1.82, 2.24) is 5.32 Å². The van der Waals surface area contributed by atoms with Crippen molar-refractivity contribution in [3.63, 3.8) is 0 Å². The Morgan fingerprint density at radius 3 is 2.19 bits per heavy atom. The van der Waals surface area contributed by atoms with E-state index in [0.717, 1.165) is 16.7 Å². The van der Waals surface area contributed by atoms with Gasteiger partial charge in [0.15, 0.2) is 0 Å². The van der Waals surface area contributed by atoms with Gasteiger partial charge in [0, 0.05) is 5.56 Å². The van der Waals surface area contributed by atoms with Crippen LogP contribution in [-0.4, -0.2) is 23.7 Å². The van der Waals surface area contributed by atoms with E-state index in [1.54, 1.807) is 6.07 Å². The number of amides is 1. The molecule has 0 unspecified atom stereocenters. The van der Waals surface area contributed by atoms with Gasteiger partial charge in [-0.3, -0.25) is 4.79 Å². The van der Waals surface area contributed by atoms with Gasteiger partial charge in [-0.2, -0.15) is 0 Å². The molecule has 0 saturated heterocycles. The van der Waals surface area contributed by atoms with Gasteiger partial charge in [-0.05, 0) is 29.2 Å². The van der Waals surface area contributed by atoms with E-state index in [1.165, 1.54) is 0 Å². The first kappa shape index (κ1) is 18.6. The van der Waals surface area contributed by atoms with Crippen LogP contribution in [0.2, 0.25) is 0 Å². The van der Waals surface area contributed by atoms with Crippen LogP contribution in [0.3, 0.4) is 0 Å². The zero-order chi connectivity index (χ0) is 18.9. The van der Waals surface area contributed by atoms with Crippen LogP contribution in [0.1, 0.15) is 27.0 Å². The fraction of sp³-hybridized carbons (Fsp3) is 0.125. The maximum absolute atomic E-state index is 12.8. The molecule has 3 aromatic rings. The van der Waals surface area contributed by atoms with E-state index in [0.29, 0.717) is 12.0 Å². The fourth-order valence-corrected chi connectivity index (χ4v) is 2.92. The number of hydrogen-bond acceptors (Lipinski definition) is 2. The summed E-state index contributed by atoms with van der Waals surface area (Å²) in [5.41, 5.74) is 3.59. The minimum atomic E-state index is -0.328. The van der Waals surface area contributed by atoms with Crippen molar-refractivity contribution in [2.45, 2.75) is 12.5 Å². The van der Waals surface area contributed by atoms with E-state index in [4.69, 9.17) is 0 Å². The summed E-state index contributed by atoms with van der Waals surface area (Å²) in [5.74, 6) is -0.182. The normalized spacial score (nSPS) is 12.0. The van der Waals surface area contributed by atoms with Crippen LogP contribution in [0.15, 0.2) is 84.9 Å². The number of aliphatic hydroxyl groups is 1. The van der Waals surface area contributed by atoms with Crippen LogP contribution < -0.4 is 5.32 Å². The van der Waals surface area contributed by atoms with Gasteiger partial charge in [0.05, 0.1) is 12.6 Å². The lowest BCUT2D eigenvalue weighted by Gasteiger charge is -2.17. The maximum atomic E-state index is 12.8. The second-order valence-corrected chi connectivity index (χ2v) is 6.37. The zero-order valence-corrected chi connectivity index (χ0v) is 15.1. The topological polar surface area (TPSA) is 49.3 Å². The summed E-state index contributed by atoms with van der Waals surface area (Å²) in [5, 5.41) is 12.6. The van der Waals surface area contributed by atoms with Crippen LogP contribution in [0.4, 0.5) is 0 Å². The highest BCUT2D eigenvalue weighted by molar-refractivity contribution is 5.98. The molecule has 0 aliphatic carbocycles. The number of carbonyl (C=O) groups excluding carboxylic acids is 1. The van der Waals surface area contributed by atoms with Gasteiger partial charge in [0.1, 0.15) is 0 Å². The first-order valence-electron chi connectivity index (χ1n) is 9.04. The predicted molar refractivity (Wildman–Crippen MR) is 110 cm³/mol. The Kier molecular flexibility index (Phi) is 6.55. The summed E-state index contributed by atoms with van der Waals surface area (Å²) in [7, 11) is 0. The maximum Gasteiger partial charge on any atom is 0.252 e. The Balaban J connectivity index is 1.73. The highest BCUT2D eigenvalue weighted by atomic mass is 16.3. The van der Waals surface area contributed by atoms with Gasteiger partial charge in [0.25, 0.3) is 5.91 Å². The Bertz CT molecular complexity index is 889. The lowest BCUT2D eigenvalue weighted by Crippen LogP contribution is -2.39. The standard InChI is InChI=1S/C24H23NO2/c26-18-22(17-20-11-5-2-6-12-20)25-24(27)23-14-8-7-13-21(23)16-15-19-9-3-1-4-10-19/h1-16,22,26H,17-18H2,(H,25,27)/b16-15+/t22-/m0/s1. The van der Waals surface area contributed by atoms with Crippen molar-refractivity contribution in [3.8, 4) is 0 Å². The molecule has 3 heteroatoms. The molecule has 0 heterocycles. The Hall–Kier alpha value is -3.17. The molecule has 3 nitrogen and oxygen atoms in total. The van der Waals surface area contributed by atoms with Gasteiger partial charge < -0.3 is 10.4 Å². The number of nitrogens with one attached hydrogen (secondary N) is 1. The van der Waals surface area contributed by atoms with Gasteiger partial charge in [0.2, 0.25) is 0 Å². The molecule has 136 valence electrons. The summed E-state index contributed by atoms with van der Waals surface area (Å²) in [4.78, 5) is 12.8. The van der Waals surface area contributed by atoms with Crippen molar-refractivity contribution in [2.75, 3.05) is 6.61 Å². The molecule has 27 heavy (non-hydrogen) atoms. The van der Waals surface area contributed by atoms with Crippen LogP contribution in [0.25, 0.3) is 12.2 Å². The summed E-state index contributed by atoms with van der Waals surface area (Å²) in [6, 6.07) is 27.0. The third-order valence-electron chi connectivity index (χ3n) is 4.34. The average molecular weight is 357 g/mol. The largest absolute Gasteiger partial charge is 0.394 e. The molecule has 0 aromatic heterocycles. The molecule has 3 rings (SSSR count). The van der Waals surface area contributed by atoms with E-state index in [-0.39, 0.29) is 18.6 Å². The molecule has 2 N–H and O–H groups in total. The number of hydrogen-bond donors (Lipinski definition) is 2. The molecular formula is C24H23NO2. The first-order chi connectivity index (χ1) is 13.3. The van der Waals surface area contributed by atoms with Gasteiger partial charge in [-0.25, -0.2) is 0 Å². The first-order valence-corrected chi connectivity index (χ1v) is 9.04. The molecule has 0 saturated carbocycles. The van der Waals surface area contributed by atoms with Gasteiger partial charge in [-0.15, -0.1) is 0 Å². The smallest absolute Gasteiger partial charge is 0.252 e. The van der Waals surface area contributed by atoms with Crippen molar-refractivity contribution in [2.24, 2.45) is 0 Å². The van der Waals surface area contributed by atoms with Crippen LogP contribution >= 0.6 is 0 Å². The second-order valence-electron chi connectivity index (χ2n) is 6.37. The van der Waals surface area contributed by atoms with Gasteiger partial charge >= 0.3 is 0 Å². The Morgan fingerprint density at radius 1 is 0.852 bits per heavy atom. The second kappa shape index (κ2) is 9.51. The van der Waals surface area contributed by atoms with Crippen molar-refractivity contribution >= 4 is 18.1 Å². The molecule has 3 aromatic carbocycles. The molecule has 0 bridgehead atoms.